The molecular formula is C20H25ClN4O2S. The largest absolute Gasteiger partial charge is 0.467 e. The number of likely N-dealkylation sites (tertiary alicyclic amines) is 2. The molecule has 2 aliphatic rings. The molecule has 1 N–H and O–H groups in total. The average Bonchev–Trinajstić information content (AvgIpc) is 3.23. The number of urea groups is 1. The van der Waals surface area contributed by atoms with Crippen LogP contribution in [0.1, 0.15) is 25.7 Å². The van der Waals surface area contributed by atoms with Crippen molar-refractivity contribution in [1.82, 2.24) is 14.8 Å². The van der Waals surface area contributed by atoms with Crippen LogP contribution >= 0.6 is 22.9 Å². The Balaban J connectivity index is 1.20. The van der Waals surface area contributed by atoms with Crippen LogP contribution in [-0.4, -0.2) is 59.1 Å². The molecule has 28 heavy (non-hydrogen) atoms. The smallest absolute Gasteiger partial charge is 0.321 e. The van der Waals surface area contributed by atoms with Crippen molar-refractivity contribution in [2.75, 3.05) is 31.5 Å². The summed E-state index contributed by atoms with van der Waals surface area (Å²) in [5, 5.41) is 6.34. The van der Waals surface area contributed by atoms with Gasteiger partial charge in [-0.15, -0.1) is 0 Å². The van der Waals surface area contributed by atoms with Crippen molar-refractivity contribution in [3.8, 4) is 5.19 Å². The topological polar surface area (TPSA) is 57.7 Å². The van der Waals surface area contributed by atoms with Crippen LogP contribution in [0.5, 0.6) is 5.19 Å². The van der Waals surface area contributed by atoms with Crippen LogP contribution in [0, 0.1) is 0 Å². The number of halogens is 1. The van der Waals surface area contributed by atoms with Gasteiger partial charge in [-0.1, -0.05) is 22.9 Å². The number of hydrogen-bond acceptors (Lipinski definition) is 5. The number of carbonyl (C=O) groups is 1. The maximum absolute atomic E-state index is 12.5. The monoisotopic (exact) mass is 420 g/mol. The first-order valence-corrected chi connectivity index (χ1v) is 11.0. The Bertz CT molecular complexity index is 755. The van der Waals surface area contributed by atoms with Gasteiger partial charge in [-0.05, 0) is 49.9 Å². The molecule has 0 atom stereocenters. The molecule has 2 aliphatic heterocycles. The van der Waals surface area contributed by atoms with Crippen LogP contribution in [0.4, 0.5) is 10.5 Å². The van der Waals surface area contributed by atoms with Crippen LogP contribution in [0.15, 0.2) is 35.8 Å². The van der Waals surface area contributed by atoms with Gasteiger partial charge in [0.1, 0.15) is 6.10 Å². The van der Waals surface area contributed by atoms with Crippen molar-refractivity contribution < 1.29 is 9.53 Å². The molecule has 0 radical (unpaired) electrons. The molecule has 3 heterocycles. The predicted octanol–water partition coefficient (Wildman–Crippen LogP) is 4.34. The fourth-order valence-electron chi connectivity index (χ4n) is 3.94. The first-order chi connectivity index (χ1) is 13.7. The molecule has 0 bridgehead atoms. The van der Waals surface area contributed by atoms with Gasteiger partial charge in [0.05, 0.1) is 0 Å². The zero-order valence-corrected chi connectivity index (χ0v) is 17.3. The quantitative estimate of drug-likeness (QED) is 0.799. The lowest BCUT2D eigenvalue weighted by Crippen LogP contribution is -2.50. The Morgan fingerprint density at radius 3 is 2.46 bits per heavy atom. The third kappa shape index (κ3) is 4.96. The highest BCUT2D eigenvalue weighted by Gasteiger charge is 2.30. The SMILES string of the molecule is O=C(Nc1ccc(Cl)cc1)N1CCC(N2CCC(Oc3nccs3)CC2)CC1. The van der Waals surface area contributed by atoms with Gasteiger partial charge in [0.2, 0.25) is 0 Å². The minimum absolute atomic E-state index is 0.0312. The van der Waals surface area contributed by atoms with E-state index in [-0.39, 0.29) is 12.1 Å². The molecule has 4 rings (SSSR count). The lowest BCUT2D eigenvalue weighted by Gasteiger charge is -2.41. The van der Waals surface area contributed by atoms with Gasteiger partial charge in [-0.25, -0.2) is 9.78 Å². The number of ether oxygens (including phenoxy) is 1. The number of thiazole rings is 1. The molecule has 1 aromatic carbocycles. The molecule has 2 aromatic rings. The van der Waals surface area contributed by atoms with E-state index in [9.17, 15) is 4.79 Å². The fourth-order valence-corrected chi connectivity index (χ4v) is 4.62. The van der Waals surface area contributed by atoms with Crippen LogP contribution in [0.25, 0.3) is 0 Å². The third-order valence-corrected chi connectivity index (χ3v) is 6.43. The number of benzene rings is 1. The summed E-state index contributed by atoms with van der Waals surface area (Å²) in [7, 11) is 0. The number of rotatable bonds is 4. The first-order valence-electron chi connectivity index (χ1n) is 9.79. The van der Waals surface area contributed by atoms with Gasteiger partial charge >= 0.3 is 6.03 Å². The van der Waals surface area contributed by atoms with Gasteiger partial charge in [0, 0.05) is 54.5 Å². The maximum Gasteiger partial charge on any atom is 0.321 e. The van der Waals surface area contributed by atoms with Crippen molar-refractivity contribution in [3.05, 3.63) is 40.9 Å². The first kappa shape index (κ1) is 19.5. The third-order valence-electron chi connectivity index (χ3n) is 5.52. The standard InChI is InChI=1S/C20H25ClN4O2S/c21-15-1-3-16(4-2-15)23-19(26)25-10-5-17(6-11-25)24-12-7-18(8-13-24)27-20-22-9-14-28-20/h1-4,9,14,17-18H,5-8,10-13H2,(H,23,26). The molecule has 2 amide bonds. The lowest BCUT2D eigenvalue weighted by atomic mass is 9.99. The molecular weight excluding hydrogens is 396 g/mol. The van der Waals surface area contributed by atoms with Gasteiger partial charge in [0.15, 0.2) is 0 Å². The number of piperidine rings is 2. The second-order valence-corrected chi connectivity index (χ2v) is 8.60. The van der Waals surface area contributed by atoms with Crippen LogP contribution < -0.4 is 10.1 Å². The zero-order chi connectivity index (χ0) is 19.3. The number of nitrogens with zero attached hydrogens (tertiary/aromatic N) is 3. The van der Waals surface area contributed by atoms with E-state index in [1.807, 2.05) is 22.4 Å². The normalized spacial score (nSPS) is 19.5. The highest BCUT2D eigenvalue weighted by Crippen LogP contribution is 2.25. The Hall–Kier alpha value is -1.83. The molecule has 1 aromatic heterocycles. The summed E-state index contributed by atoms with van der Waals surface area (Å²) in [4.78, 5) is 21.2. The minimum Gasteiger partial charge on any atom is -0.467 e. The number of carbonyl (C=O) groups excluding carboxylic acids is 1. The van der Waals surface area contributed by atoms with Crippen molar-refractivity contribution >= 4 is 34.7 Å². The summed E-state index contributed by atoms with van der Waals surface area (Å²) < 4.78 is 5.95. The average molecular weight is 421 g/mol. The molecule has 0 spiro atoms. The summed E-state index contributed by atoms with van der Waals surface area (Å²) in [6.45, 7) is 3.69. The van der Waals surface area contributed by atoms with E-state index >= 15 is 0 Å². The molecule has 0 unspecified atom stereocenters. The second kappa shape index (κ2) is 9.11. The minimum atomic E-state index is -0.0312. The van der Waals surface area contributed by atoms with Crippen LogP contribution in [0.2, 0.25) is 5.02 Å². The summed E-state index contributed by atoms with van der Waals surface area (Å²) in [5.41, 5.74) is 0.777. The van der Waals surface area contributed by atoms with Gasteiger partial charge in [0.25, 0.3) is 5.19 Å². The Morgan fingerprint density at radius 2 is 1.82 bits per heavy atom. The molecule has 0 saturated carbocycles. The van der Waals surface area contributed by atoms with E-state index < -0.39 is 0 Å². The Labute approximate surface area is 174 Å². The van der Waals surface area contributed by atoms with Crippen molar-refractivity contribution in [2.45, 2.75) is 37.8 Å². The van der Waals surface area contributed by atoms with E-state index in [1.165, 1.54) is 0 Å². The molecule has 2 saturated heterocycles. The number of aromatic nitrogens is 1. The van der Waals surface area contributed by atoms with E-state index in [4.69, 9.17) is 16.3 Å². The van der Waals surface area contributed by atoms with Crippen molar-refractivity contribution in [2.24, 2.45) is 0 Å². The number of amides is 2. The molecule has 2 fully saturated rings. The predicted molar refractivity (Wildman–Crippen MR) is 112 cm³/mol. The van der Waals surface area contributed by atoms with E-state index in [2.05, 4.69) is 15.2 Å². The summed E-state index contributed by atoms with van der Waals surface area (Å²) >= 11 is 7.45. The van der Waals surface area contributed by atoms with Crippen molar-refractivity contribution in [1.29, 1.82) is 0 Å². The van der Waals surface area contributed by atoms with Crippen LogP contribution in [0.3, 0.4) is 0 Å². The summed E-state index contributed by atoms with van der Waals surface area (Å²) in [6, 6.07) is 7.74. The van der Waals surface area contributed by atoms with Crippen LogP contribution in [-0.2, 0) is 0 Å². The summed E-state index contributed by atoms with van der Waals surface area (Å²) in [5.74, 6) is 0. The Morgan fingerprint density at radius 1 is 1.11 bits per heavy atom. The number of hydrogen-bond donors (Lipinski definition) is 1. The zero-order valence-electron chi connectivity index (χ0n) is 15.7. The number of anilines is 1. The molecule has 150 valence electrons. The highest BCUT2D eigenvalue weighted by molar-refractivity contribution is 7.11. The second-order valence-electron chi connectivity index (χ2n) is 7.31. The fraction of sp³-hybridized carbons (Fsp3) is 0.500. The molecule has 0 aliphatic carbocycles. The lowest BCUT2D eigenvalue weighted by molar-refractivity contribution is 0.0544. The highest BCUT2D eigenvalue weighted by atomic mass is 35.5. The summed E-state index contributed by atoms with van der Waals surface area (Å²) in [6.07, 6.45) is 6.17. The van der Waals surface area contributed by atoms with E-state index in [0.717, 1.165) is 62.7 Å². The van der Waals surface area contributed by atoms with Crippen molar-refractivity contribution in [3.63, 3.8) is 0 Å². The number of nitrogens with one attached hydrogen (secondary N) is 1. The van der Waals surface area contributed by atoms with Gasteiger partial charge in [-0.3, -0.25) is 4.90 Å². The maximum atomic E-state index is 12.5. The van der Waals surface area contributed by atoms with E-state index in [1.54, 1.807) is 29.7 Å². The van der Waals surface area contributed by atoms with Gasteiger partial charge in [-0.2, -0.15) is 0 Å². The van der Waals surface area contributed by atoms with E-state index in [0.29, 0.717) is 11.1 Å². The van der Waals surface area contributed by atoms with Gasteiger partial charge < -0.3 is 15.0 Å². The molecule has 8 heteroatoms. The molecule has 6 nitrogen and oxygen atoms in total. The Kier molecular flexibility index (Phi) is 6.34.